The van der Waals surface area contributed by atoms with Crippen LogP contribution in [0.4, 0.5) is 0 Å². The van der Waals surface area contributed by atoms with Gasteiger partial charge >= 0.3 is 0 Å². The molecule has 0 bridgehead atoms. The number of nitrogens with zero attached hydrogens (tertiary/aromatic N) is 1. The average Bonchev–Trinajstić information content (AvgIpc) is 2.42. The monoisotopic (exact) mass is 250 g/mol. The zero-order valence-electron chi connectivity index (χ0n) is 11.8. The molecule has 1 atom stereocenters. The SMILES string of the molecule is CCN(CC)CC(C)NCc1cccc(CO)c1. The summed E-state index contributed by atoms with van der Waals surface area (Å²) >= 11 is 0. The van der Waals surface area contributed by atoms with Crippen molar-refractivity contribution in [2.24, 2.45) is 0 Å². The number of hydrogen-bond donors (Lipinski definition) is 2. The van der Waals surface area contributed by atoms with E-state index >= 15 is 0 Å². The van der Waals surface area contributed by atoms with Crippen LogP contribution in [0.5, 0.6) is 0 Å². The second-order valence-corrected chi connectivity index (χ2v) is 4.75. The molecule has 0 radical (unpaired) electrons. The normalized spacial score (nSPS) is 12.9. The van der Waals surface area contributed by atoms with E-state index in [0.29, 0.717) is 6.04 Å². The van der Waals surface area contributed by atoms with Gasteiger partial charge in [0.15, 0.2) is 0 Å². The summed E-state index contributed by atoms with van der Waals surface area (Å²) in [6, 6.07) is 8.57. The first-order chi connectivity index (χ1) is 8.69. The molecule has 1 rings (SSSR count). The van der Waals surface area contributed by atoms with Gasteiger partial charge in [0.25, 0.3) is 0 Å². The predicted molar refractivity (Wildman–Crippen MR) is 76.5 cm³/mol. The topological polar surface area (TPSA) is 35.5 Å². The molecule has 0 aliphatic heterocycles. The number of benzene rings is 1. The Morgan fingerprint density at radius 1 is 1.22 bits per heavy atom. The molecule has 0 saturated heterocycles. The van der Waals surface area contributed by atoms with Crippen molar-refractivity contribution in [1.82, 2.24) is 10.2 Å². The number of hydrogen-bond acceptors (Lipinski definition) is 3. The maximum atomic E-state index is 9.10. The smallest absolute Gasteiger partial charge is 0.0681 e. The molecule has 0 spiro atoms. The molecule has 0 saturated carbocycles. The van der Waals surface area contributed by atoms with E-state index in [9.17, 15) is 0 Å². The van der Waals surface area contributed by atoms with E-state index in [1.807, 2.05) is 12.1 Å². The van der Waals surface area contributed by atoms with Gasteiger partial charge in [0.1, 0.15) is 0 Å². The van der Waals surface area contributed by atoms with Crippen LogP contribution in [0.2, 0.25) is 0 Å². The van der Waals surface area contributed by atoms with Gasteiger partial charge in [-0.2, -0.15) is 0 Å². The highest BCUT2D eigenvalue weighted by Crippen LogP contribution is 2.05. The maximum absolute atomic E-state index is 9.10. The van der Waals surface area contributed by atoms with Crippen molar-refractivity contribution in [1.29, 1.82) is 0 Å². The molecule has 3 heteroatoms. The van der Waals surface area contributed by atoms with Crippen LogP contribution < -0.4 is 5.32 Å². The quantitative estimate of drug-likeness (QED) is 0.741. The number of aliphatic hydroxyl groups is 1. The Morgan fingerprint density at radius 2 is 1.89 bits per heavy atom. The maximum Gasteiger partial charge on any atom is 0.0681 e. The average molecular weight is 250 g/mol. The molecule has 0 amide bonds. The third kappa shape index (κ3) is 5.17. The summed E-state index contributed by atoms with van der Waals surface area (Å²) in [5.41, 5.74) is 2.21. The molecule has 102 valence electrons. The Labute approximate surface area is 111 Å². The molecule has 18 heavy (non-hydrogen) atoms. The van der Waals surface area contributed by atoms with Crippen molar-refractivity contribution < 1.29 is 5.11 Å². The lowest BCUT2D eigenvalue weighted by atomic mass is 10.1. The minimum atomic E-state index is 0.114. The summed E-state index contributed by atoms with van der Waals surface area (Å²) in [4.78, 5) is 2.42. The van der Waals surface area contributed by atoms with Crippen LogP contribution in [0.3, 0.4) is 0 Å². The van der Waals surface area contributed by atoms with E-state index in [-0.39, 0.29) is 6.61 Å². The van der Waals surface area contributed by atoms with Crippen molar-refractivity contribution in [2.45, 2.75) is 40.0 Å². The van der Waals surface area contributed by atoms with Gasteiger partial charge in [-0.3, -0.25) is 0 Å². The van der Waals surface area contributed by atoms with Gasteiger partial charge < -0.3 is 15.3 Å². The van der Waals surface area contributed by atoms with Crippen LogP contribution >= 0.6 is 0 Å². The van der Waals surface area contributed by atoms with Crippen molar-refractivity contribution in [3.63, 3.8) is 0 Å². The van der Waals surface area contributed by atoms with Crippen LogP contribution in [0, 0.1) is 0 Å². The fourth-order valence-electron chi connectivity index (χ4n) is 2.06. The minimum absolute atomic E-state index is 0.114. The Balaban J connectivity index is 2.39. The number of nitrogens with one attached hydrogen (secondary N) is 1. The third-order valence-electron chi connectivity index (χ3n) is 3.26. The summed E-state index contributed by atoms with van der Waals surface area (Å²) in [5.74, 6) is 0. The molecule has 2 N–H and O–H groups in total. The van der Waals surface area contributed by atoms with Gasteiger partial charge in [0.05, 0.1) is 6.61 Å². The van der Waals surface area contributed by atoms with E-state index in [0.717, 1.165) is 31.7 Å². The molecule has 3 nitrogen and oxygen atoms in total. The van der Waals surface area contributed by atoms with Gasteiger partial charge in [-0.25, -0.2) is 0 Å². The number of rotatable bonds is 8. The molecule has 0 aromatic heterocycles. The van der Waals surface area contributed by atoms with Gasteiger partial charge in [-0.05, 0) is 31.1 Å². The molecule has 0 heterocycles. The summed E-state index contributed by atoms with van der Waals surface area (Å²) in [6.07, 6.45) is 0. The van der Waals surface area contributed by atoms with E-state index in [1.54, 1.807) is 0 Å². The fourth-order valence-corrected chi connectivity index (χ4v) is 2.06. The van der Waals surface area contributed by atoms with Crippen LogP contribution in [0.25, 0.3) is 0 Å². The second-order valence-electron chi connectivity index (χ2n) is 4.75. The highest BCUT2D eigenvalue weighted by Gasteiger charge is 2.06. The molecule has 1 unspecified atom stereocenters. The second kappa shape index (κ2) is 8.25. The Morgan fingerprint density at radius 3 is 2.50 bits per heavy atom. The lowest BCUT2D eigenvalue weighted by molar-refractivity contribution is 0.270. The van der Waals surface area contributed by atoms with Crippen LogP contribution in [-0.2, 0) is 13.2 Å². The molecular weight excluding hydrogens is 224 g/mol. The zero-order valence-corrected chi connectivity index (χ0v) is 11.8. The number of aliphatic hydroxyl groups excluding tert-OH is 1. The van der Waals surface area contributed by atoms with E-state index in [4.69, 9.17) is 5.11 Å². The summed E-state index contributed by atoms with van der Waals surface area (Å²) in [7, 11) is 0. The summed E-state index contributed by atoms with van der Waals surface area (Å²) in [5, 5.41) is 12.6. The van der Waals surface area contributed by atoms with E-state index < -0.39 is 0 Å². The molecule has 0 aliphatic rings. The lowest BCUT2D eigenvalue weighted by Gasteiger charge is -2.23. The predicted octanol–water partition coefficient (Wildman–Crippen LogP) is 2.00. The van der Waals surface area contributed by atoms with E-state index in [2.05, 4.69) is 43.1 Å². The molecule has 1 aromatic carbocycles. The summed E-state index contributed by atoms with van der Waals surface area (Å²) < 4.78 is 0. The largest absolute Gasteiger partial charge is 0.392 e. The third-order valence-corrected chi connectivity index (χ3v) is 3.26. The zero-order chi connectivity index (χ0) is 13.4. The van der Waals surface area contributed by atoms with E-state index in [1.165, 1.54) is 5.56 Å². The lowest BCUT2D eigenvalue weighted by Crippen LogP contribution is -2.38. The molecular formula is C15H26N2O. The first-order valence-electron chi connectivity index (χ1n) is 6.84. The van der Waals surface area contributed by atoms with Crippen LogP contribution in [0.1, 0.15) is 31.9 Å². The Bertz CT molecular complexity index is 337. The Hall–Kier alpha value is -0.900. The first kappa shape index (κ1) is 15.2. The highest BCUT2D eigenvalue weighted by atomic mass is 16.3. The van der Waals surface area contributed by atoms with Gasteiger partial charge in [-0.15, -0.1) is 0 Å². The number of likely N-dealkylation sites (N-methyl/N-ethyl adjacent to an activating group) is 1. The van der Waals surface area contributed by atoms with Crippen molar-refractivity contribution in [2.75, 3.05) is 19.6 Å². The Kier molecular flexibility index (Phi) is 6.94. The summed E-state index contributed by atoms with van der Waals surface area (Å²) in [6.45, 7) is 10.9. The molecule has 0 fully saturated rings. The van der Waals surface area contributed by atoms with Crippen LogP contribution in [0.15, 0.2) is 24.3 Å². The molecule has 0 aliphatic carbocycles. The minimum Gasteiger partial charge on any atom is -0.392 e. The fraction of sp³-hybridized carbons (Fsp3) is 0.600. The highest BCUT2D eigenvalue weighted by molar-refractivity contribution is 5.22. The van der Waals surface area contributed by atoms with Crippen molar-refractivity contribution >= 4 is 0 Å². The van der Waals surface area contributed by atoms with Gasteiger partial charge in [-0.1, -0.05) is 38.1 Å². The van der Waals surface area contributed by atoms with Gasteiger partial charge in [0, 0.05) is 19.1 Å². The standard InChI is InChI=1S/C15H26N2O/c1-4-17(5-2)11-13(3)16-10-14-7-6-8-15(9-14)12-18/h6-9,13,16,18H,4-5,10-12H2,1-3H3. The van der Waals surface area contributed by atoms with Crippen molar-refractivity contribution in [3.8, 4) is 0 Å². The molecule has 1 aromatic rings. The van der Waals surface area contributed by atoms with Crippen LogP contribution in [-0.4, -0.2) is 35.7 Å². The van der Waals surface area contributed by atoms with Crippen molar-refractivity contribution in [3.05, 3.63) is 35.4 Å². The van der Waals surface area contributed by atoms with Gasteiger partial charge in [0.2, 0.25) is 0 Å². The first-order valence-corrected chi connectivity index (χ1v) is 6.84.